The Bertz CT molecular complexity index is 1430. The zero-order chi connectivity index (χ0) is 28.8. The first-order valence-electron chi connectivity index (χ1n) is 12.6. The SMILES string of the molecule is CCCOc1ccc(S(OS(=O)(=O)C(F)(F)F)(c2ccc(OCCC)cc2)c2ccc(-c3ccccc3)s2)cc1. The van der Waals surface area contributed by atoms with Gasteiger partial charge in [0.1, 0.15) is 11.5 Å². The minimum Gasteiger partial charge on any atom is -0.494 e. The summed E-state index contributed by atoms with van der Waals surface area (Å²) >= 11 is 1.19. The van der Waals surface area contributed by atoms with Crippen LogP contribution >= 0.6 is 21.6 Å². The first-order valence-corrected chi connectivity index (χ1v) is 16.4. The van der Waals surface area contributed by atoms with E-state index >= 15 is 0 Å². The number of rotatable bonds is 12. The molecule has 0 bridgehead atoms. The summed E-state index contributed by atoms with van der Waals surface area (Å²) in [4.78, 5) is 1.30. The molecule has 3 aromatic carbocycles. The van der Waals surface area contributed by atoms with Crippen molar-refractivity contribution in [1.29, 1.82) is 0 Å². The number of benzene rings is 3. The molecule has 4 aromatic rings. The number of ether oxygens (including phenoxy) is 2. The average molecular weight is 611 g/mol. The molecule has 1 aromatic heterocycles. The van der Waals surface area contributed by atoms with Crippen LogP contribution in [0.3, 0.4) is 0 Å². The molecule has 0 N–H and O–H groups in total. The van der Waals surface area contributed by atoms with Crippen LogP contribution in [0.2, 0.25) is 0 Å². The van der Waals surface area contributed by atoms with Crippen molar-refractivity contribution in [2.45, 2.75) is 46.2 Å². The Morgan fingerprint density at radius 3 is 1.65 bits per heavy atom. The van der Waals surface area contributed by atoms with Crippen molar-refractivity contribution >= 4 is 31.8 Å². The summed E-state index contributed by atoms with van der Waals surface area (Å²) in [6.07, 6.45) is 1.54. The van der Waals surface area contributed by atoms with E-state index in [1.165, 1.54) is 11.3 Å². The van der Waals surface area contributed by atoms with Crippen molar-refractivity contribution in [2.75, 3.05) is 13.2 Å². The summed E-state index contributed by atoms with van der Waals surface area (Å²) in [5.41, 5.74) is -4.78. The van der Waals surface area contributed by atoms with Gasteiger partial charge in [0.2, 0.25) is 0 Å². The Labute approximate surface area is 238 Å². The fourth-order valence-corrected chi connectivity index (χ4v) is 10.4. The van der Waals surface area contributed by atoms with Gasteiger partial charge in [0, 0.05) is 14.7 Å². The van der Waals surface area contributed by atoms with Gasteiger partial charge in [0.15, 0.2) is 0 Å². The Balaban J connectivity index is 1.96. The van der Waals surface area contributed by atoms with Crippen LogP contribution < -0.4 is 9.47 Å². The van der Waals surface area contributed by atoms with Crippen LogP contribution in [0.15, 0.2) is 105 Å². The standard InChI is InChI=1S/C29H29F3O5S3/c1-3-20-35-23-10-14-25(15-11-23)39(37-40(33,34)29(30,31)32,26-16-12-24(13-17-26)36-21-4-2)28-19-18-27(38-28)22-8-6-5-7-9-22/h5-19H,3-4,20-21H2,1-2H3. The Kier molecular flexibility index (Phi) is 9.50. The average Bonchev–Trinajstić information content (AvgIpc) is 3.45. The first kappa shape index (κ1) is 30.0. The van der Waals surface area contributed by atoms with Crippen LogP contribution in [0.4, 0.5) is 13.2 Å². The lowest BCUT2D eigenvalue weighted by Crippen LogP contribution is -2.27. The molecule has 0 atom stereocenters. The predicted octanol–water partition coefficient (Wildman–Crippen LogP) is 9.06. The summed E-state index contributed by atoms with van der Waals surface area (Å²) < 4.78 is 84.0. The predicted molar refractivity (Wildman–Crippen MR) is 153 cm³/mol. The number of halogens is 3. The van der Waals surface area contributed by atoms with Gasteiger partial charge in [-0.15, -0.1) is 11.3 Å². The minimum atomic E-state index is -6.02. The second-order valence-corrected chi connectivity index (χ2v) is 14.4. The third-order valence-electron chi connectivity index (χ3n) is 5.66. The second kappa shape index (κ2) is 12.7. The molecule has 40 heavy (non-hydrogen) atoms. The highest BCUT2D eigenvalue weighted by atomic mass is 32.3. The van der Waals surface area contributed by atoms with Crippen LogP contribution in [-0.4, -0.2) is 27.1 Å². The van der Waals surface area contributed by atoms with Gasteiger partial charge in [-0.05, 0) is 89.4 Å². The number of hydrogen-bond acceptors (Lipinski definition) is 6. The highest BCUT2D eigenvalue weighted by molar-refractivity contribution is 8.34. The van der Waals surface area contributed by atoms with Gasteiger partial charge >= 0.3 is 15.6 Å². The van der Waals surface area contributed by atoms with E-state index in [0.717, 1.165) is 23.3 Å². The van der Waals surface area contributed by atoms with E-state index in [0.29, 0.717) is 28.9 Å². The third-order valence-corrected chi connectivity index (χ3v) is 12.2. The summed E-state index contributed by atoms with van der Waals surface area (Å²) in [5, 5.41) is 0. The van der Waals surface area contributed by atoms with E-state index in [2.05, 4.69) is 0 Å². The van der Waals surface area contributed by atoms with Gasteiger partial charge < -0.3 is 9.47 Å². The number of thiophene rings is 1. The summed E-state index contributed by atoms with van der Waals surface area (Å²) in [6.45, 7) is 4.82. The van der Waals surface area contributed by atoms with Crippen LogP contribution in [0.5, 0.6) is 11.5 Å². The van der Waals surface area contributed by atoms with Crippen LogP contribution in [0, 0.1) is 0 Å². The van der Waals surface area contributed by atoms with Gasteiger partial charge in [-0.3, -0.25) is 0 Å². The lowest BCUT2D eigenvalue weighted by atomic mass is 10.2. The molecule has 0 aliphatic heterocycles. The van der Waals surface area contributed by atoms with Crippen molar-refractivity contribution in [1.82, 2.24) is 0 Å². The fraction of sp³-hybridized carbons (Fsp3) is 0.241. The maximum absolute atomic E-state index is 13.9. The molecule has 1 heterocycles. The van der Waals surface area contributed by atoms with Crippen LogP contribution in [0.25, 0.3) is 10.4 Å². The molecule has 0 spiro atoms. The van der Waals surface area contributed by atoms with E-state index in [1.54, 1.807) is 60.7 Å². The summed E-state index contributed by atoms with van der Waals surface area (Å²) in [5.74, 6) is 1.02. The minimum absolute atomic E-state index is 0.271. The zero-order valence-electron chi connectivity index (χ0n) is 21.9. The van der Waals surface area contributed by atoms with Crippen LogP contribution in [-0.2, 0) is 13.7 Å². The van der Waals surface area contributed by atoms with E-state index < -0.39 is 25.9 Å². The molecule has 0 aliphatic carbocycles. The molecule has 0 unspecified atom stereocenters. The first-order chi connectivity index (χ1) is 19.1. The van der Waals surface area contributed by atoms with Gasteiger partial charge in [-0.1, -0.05) is 44.2 Å². The molecule has 0 fully saturated rings. The number of alkyl halides is 3. The molecule has 0 radical (unpaired) electrons. The van der Waals surface area contributed by atoms with Gasteiger partial charge in [0.25, 0.3) is 0 Å². The molecule has 214 valence electrons. The van der Waals surface area contributed by atoms with Crippen LogP contribution in [0.1, 0.15) is 26.7 Å². The lowest BCUT2D eigenvalue weighted by molar-refractivity contribution is -0.0496. The smallest absolute Gasteiger partial charge is 0.494 e. The largest absolute Gasteiger partial charge is 0.524 e. The molecular weight excluding hydrogens is 582 g/mol. The molecule has 0 saturated heterocycles. The number of hydrogen-bond donors (Lipinski definition) is 0. The van der Waals surface area contributed by atoms with E-state index in [1.807, 2.05) is 44.2 Å². The maximum atomic E-state index is 13.9. The molecule has 0 amide bonds. The summed E-state index contributed by atoms with van der Waals surface area (Å²) in [7, 11) is -9.46. The molecule has 0 saturated carbocycles. The Morgan fingerprint density at radius 1 is 0.700 bits per heavy atom. The zero-order valence-corrected chi connectivity index (χ0v) is 24.3. The summed E-state index contributed by atoms with van der Waals surface area (Å²) in [6, 6.07) is 25.4. The maximum Gasteiger partial charge on any atom is 0.524 e. The monoisotopic (exact) mass is 610 g/mol. The molecule has 0 aliphatic rings. The highest BCUT2D eigenvalue weighted by Gasteiger charge is 2.53. The fourth-order valence-electron chi connectivity index (χ4n) is 3.78. The third kappa shape index (κ3) is 6.49. The topological polar surface area (TPSA) is 61.8 Å². The van der Waals surface area contributed by atoms with Crippen molar-refractivity contribution in [3.8, 4) is 21.9 Å². The lowest BCUT2D eigenvalue weighted by Gasteiger charge is -2.38. The van der Waals surface area contributed by atoms with Gasteiger partial charge in [-0.2, -0.15) is 25.2 Å². The van der Waals surface area contributed by atoms with Crippen molar-refractivity contribution in [2.24, 2.45) is 0 Å². The van der Waals surface area contributed by atoms with Crippen molar-refractivity contribution < 1.29 is 34.7 Å². The van der Waals surface area contributed by atoms with Crippen molar-refractivity contribution in [3.63, 3.8) is 0 Å². The molecule has 5 nitrogen and oxygen atoms in total. The van der Waals surface area contributed by atoms with Gasteiger partial charge in [-0.25, -0.2) is 0 Å². The molecular formula is C29H29F3O5S3. The second-order valence-electron chi connectivity index (χ2n) is 8.65. The van der Waals surface area contributed by atoms with E-state index in [-0.39, 0.29) is 9.79 Å². The molecule has 11 heteroatoms. The van der Waals surface area contributed by atoms with E-state index in [4.69, 9.17) is 13.1 Å². The van der Waals surface area contributed by atoms with Gasteiger partial charge in [0.05, 0.1) is 17.4 Å². The van der Waals surface area contributed by atoms with E-state index in [9.17, 15) is 21.6 Å². The van der Waals surface area contributed by atoms with Crippen molar-refractivity contribution in [3.05, 3.63) is 91.0 Å². The highest BCUT2D eigenvalue weighted by Crippen LogP contribution is 2.72. The Hall–Kier alpha value is -2.99. The quantitative estimate of drug-likeness (QED) is 0.150. The molecule has 4 rings (SSSR count). The normalized spacial score (nSPS) is 12.7. The Morgan fingerprint density at radius 2 is 1.20 bits per heavy atom.